The molecule has 23 heavy (non-hydrogen) atoms. The second kappa shape index (κ2) is 6.11. The van der Waals surface area contributed by atoms with Gasteiger partial charge >= 0.3 is 6.18 Å². The predicted molar refractivity (Wildman–Crippen MR) is 81.4 cm³/mol. The first-order valence-electron chi connectivity index (χ1n) is 6.65. The van der Waals surface area contributed by atoms with Gasteiger partial charge in [-0.15, -0.1) is 0 Å². The van der Waals surface area contributed by atoms with Gasteiger partial charge in [0.25, 0.3) is 0 Å². The summed E-state index contributed by atoms with van der Waals surface area (Å²) < 4.78 is 44.0. The summed E-state index contributed by atoms with van der Waals surface area (Å²) >= 11 is 1.29. The molecule has 1 aromatic carbocycles. The minimum atomic E-state index is -4.43. The average Bonchev–Trinajstić information content (AvgIpc) is 2.95. The van der Waals surface area contributed by atoms with Crippen molar-refractivity contribution in [2.24, 2.45) is 0 Å². The molecular formula is C15H12F3N3OS. The van der Waals surface area contributed by atoms with Crippen molar-refractivity contribution in [1.82, 2.24) is 15.0 Å². The average molecular weight is 339 g/mol. The molecule has 0 spiro atoms. The molecule has 1 N–H and O–H groups in total. The molecule has 0 saturated heterocycles. The molecule has 0 bridgehead atoms. The number of benzene rings is 1. The number of methoxy groups -OCH3 is 1. The maximum atomic E-state index is 13.0. The van der Waals surface area contributed by atoms with Gasteiger partial charge in [0, 0.05) is 18.0 Å². The highest BCUT2D eigenvalue weighted by Crippen LogP contribution is 2.35. The minimum absolute atomic E-state index is 0.0684. The van der Waals surface area contributed by atoms with E-state index in [-0.39, 0.29) is 5.52 Å². The van der Waals surface area contributed by atoms with Gasteiger partial charge in [-0.2, -0.15) is 13.2 Å². The number of rotatable bonds is 4. The Kier molecular flexibility index (Phi) is 4.16. The Morgan fingerprint density at radius 3 is 2.83 bits per heavy atom. The van der Waals surface area contributed by atoms with Crippen molar-refractivity contribution >= 4 is 22.8 Å². The molecule has 0 aliphatic rings. The molecule has 0 radical (unpaired) electrons. The number of imidazole rings is 1. The van der Waals surface area contributed by atoms with Gasteiger partial charge in [-0.25, -0.2) is 4.98 Å². The van der Waals surface area contributed by atoms with E-state index in [0.29, 0.717) is 22.2 Å². The van der Waals surface area contributed by atoms with E-state index in [0.717, 1.165) is 11.8 Å². The number of nitrogens with one attached hydrogen (secondary N) is 1. The second-order valence-corrected chi connectivity index (χ2v) is 5.68. The van der Waals surface area contributed by atoms with E-state index in [2.05, 4.69) is 15.0 Å². The number of para-hydroxylation sites is 1. The topological polar surface area (TPSA) is 50.8 Å². The zero-order chi connectivity index (χ0) is 16.4. The van der Waals surface area contributed by atoms with Gasteiger partial charge in [-0.05, 0) is 18.2 Å². The number of hydrogen-bond donors (Lipinski definition) is 1. The third kappa shape index (κ3) is 3.42. The van der Waals surface area contributed by atoms with E-state index < -0.39 is 11.7 Å². The Bertz CT molecular complexity index is 832. The number of aromatic amines is 1. The van der Waals surface area contributed by atoms with Crippen molar-refractivity contribution in [3.8, 4) is 5.75 Å². The number of ether oxygens (including phenoxy) is 1. The van der Waals surface area contributed by atoms with Crippen LogP contribution >= 0.6 is 11.8 Å². The van der Waals surface area contributed by atoms with Gasteiger partial charge in [0.1, 0.15) is 11.3 Å². The van der Waals surface area contributed by atoms with Crippen molar-refractivity contribution in [3.63, 3.8) is 0 Å². The highest BCUT2D eigenvalue weighted by atomic mass is 32.2. The molecule has 0 atom stereocenters. The van der Waals surface area contributed by atoms with Gasteiger partial charge in [0.2, 0.25) is 0 Å². The molecule has 0 amide bonds. The molecule has 4 nitrogen and oxygen atoms in total. The van der Waals surface area contributed by atoms with Gasteiger partial charge in [0.05, 0.1) is 23.9 Å². The number of thioether (sulfide) groups is 1. The van der Waals surface area contributed by atoms with Crippen LogP contribution in [0.2, 0.25) is 0 Å². The molecule has 120 valence electrons. The number of nitrogens with zero attached hydrogens (tertiary/aromatic N) is 2. The van der Waals surface area contributed by atoms with Crippen LogP contribution in [0, 0.1) is 0 Å². The highest BCUT2D eigenvalue weighted by Gasteiger charge is 2.33. The summed E-state index contributed by atoms with van der Waals surface area (Å²) in [6.45, 7) is 0. The Morgan fingerprint density at radius 2 is 2.09 bits per heavy atom. The number of pyridine rings is 1. The van der Waals surface area contributed by atoms with E-state index in [4.69, 9.17) is 4.74 Å². The molecule has 0 saturated carbocycles. The predicted octanol–water partition coefficient (Wildman–Crippen LogP) is 4.28. The molecule has 3 rings (SSSR count). The van der Waals surface area contributed by atoms with E-state index in [1.807, 2.05) is 0 Å². The first-order chi connectivity index (χ1) is 11.0. The molecule has 2 aromatic heterocycles. The number of H-pyrrole nitrogens is 1. The quantitative estimate of drug-likeness (QED) is 0.721. The first-order valence-corrected chi connectivity index (χ1v) is 7.63. The van der Waals surface area contributed by atoms with Crippen molar-refractivity contribution in [3.05, 3.63) is 47.8 Å². The fourth-order valence-electron chi connectivity index (χ4n) is 2.11. The lowest BCUT2D eigenvalue weighted by Gasteiger charge is -2.05. The van der Waals surface area contributed by atoms with Crippen LogP contribution in [0.4, 0.5) is 13.2 Å². The van der Waals surface area contributed by atoms with E-state index in [9.17, 15) is 13.2 Å². The summed E-state index contributed by atoms with van der Waals surface area (Å²) in [6, 6.07) is 7.47. The lowest BCUT2D eigenvalue weighted by atomic mass is 10.2. The van der Waals surface area contributed by atoms with Crippen LogP contribution < -0.4 is 4.74 Å². The van der Waals surface area contributed by atoms with E-state index >= 15 is 0 Å². The van der Waals surface area contributed by atoms with Crippen LogP contribution in [-0.2, 0) is 11.9 Å². The van der Waals surface area contributed by atoms with Crippen LogP contribution in [0.25, 0.3) is 11.0 Å². The molecule has 0 unspecified atom stereocenters. The highest BCUT2D eigenvalue weighted by molar-refractivity contribution is 7.98. The minimum Gasteiger partial charge on any atom is -0.497 e. The molecule has 0 aliphatic carbocycles. The summed E-state index contributed by atoms with van der Waals surface area (Å²) in [4.78, 5) is 11.2. The van der Waals surface area contributed by atoms with Crippen molar-refractivity contribution in [1.29, 1.82) is 0 Å². The zero-order valence-electron chi connectivity index (χ0n) is 12.0. The smallest absolute Gasteiger partial charge is 0.418 e. The maximum Gasteiger partial charge on any atom is 0.418 e. The largest absolute Gasteiger partial charge is 0.497 e. The number of aromatic nitrogens is 3. The van der Waals surface area contributed by atoms with Crippen LogP contribution in [0.15, 0.2) is 41.7 Å². The normalized spacial score (nSPS) is 11.8. The lowest BCUT2D eigenvalue weighted by Crippen LogP contribution is -2.05. The number of hydrogen-bond acceptors (Lipinski definition) is 4. The fourth-order valence-corrected chi connectivity index (χ4v) is 2.89. The van der Waals surface area contributed by atoms with Gasteiger partial charge in [-0.1, -0.05) is 17.8 Å². The molecule has 0 fully saturated rings. The summed E-state index contributed by atoms with van der Waals surface area (Å²) in [7, 11) is 1.56. The third-order valence-electron chi connectivity index (χ3n) is 3.18. The number of fused-ring (bicyclic) bond motifs is 1. The standard InChI is InChI=1S/C15H12F3N3OS/c1-22-10-5-6-19-9(7-10)8-23-14-20-12-4-2-3-11(13(12)21-14)15(16,17)18/h2-7H,8H2,1H3,(H,20,21). The third-order valence-corrected chi connectivity index (χ3v) is 4.08. The van der Waals surface area contributed by atoms with Crippen molar-refractivity contribution in [2.75, 3.05) is 7.11 Å². The van der Waals surface area contributed by atoms with Crippen LogP contribution in [0.1, 0.15) is 11.3 Å². The fraction of sp³-hybridized carbons (Fsp3) is 0.200. The molecule has 2 heterocycles. The summed E-state index contributed by atoms with van der Waals surface area (Å²) in [5, 5.41) is 0.418. The summed E-state index contributed by atoms with van der Waals surface area (Å²) in [5.41, 5.74) is 0.311. The second-order valence-electron chi connectivity index (χ2n) is 4.72. The van der Waals surface area contributed by atoms with Crippen LogP contribution in [0.5, 0.6) is 5.75 Å². The Balaban J connectivity index is 1.84. The zero-order valence-corrected chi connectivity index (χ0v) is 12.8. The van der Waals surface area contributed by atoms with Gasteiger partial charge in [0.15, 0.2) is 5.16 Å². The molecule has 8 heteroatoms. The Morgan fingerprint density at radius 1 is 1.26 bits per heavy atom. The van der Waals surface area contributed by atoms with E-state index in [1.165, 1.54) is 17.8 Å². The SMILES string of the molecule is COc1ccnc(CSc2nc3c(C(F)(F)F)cccc3[nH]2)c1. The Labute approximate surface area is 134 Å². The Hall–Kier alpha value is -2.22. The molecular weight excluding hydrogens is 327 g/mol. The monoisotopic (exact) mass is 339 g/mol. The molecule has 3 aromatic rings. The summed E-state index contributed by atoms with van der Waals surface area (Å²) in [6.07, 6.45) is -2.81. The first kappa shape index (κ1) is 15.7. The van der Waals surface area contributed by atoms with Crippen molar-refractivity contribution < 1.29 is 17.9 Å². The number of halogens is 3. The van der Waals surface area contributed by atoms with Crippen LogP contribution in [0.3, 0.4) is 0 Å². The van der Waals surface area contributed by atoms with Crippen LogP contribution in [-0.4, -0.2) is 22.1 Å². The van der Waals surface area contributed by atoms with Gasteiger partial charge < -0.3 is 9.72 Å². The number of alkyl halides is 3. The maximum absolute atomic E-state index is 13.0. The lowest BCUT2D eigenvalue weighted by molar-refractivity contribution is -0.136. The van der Waals surface area contributed by atoms with Gasteiger partial charge in [-0.3, -0.25) is 4.98 Å². The summed E-state index contributed by atoms with van der Waals surface area (Å²) in [5.74, 6) is 1.15. The van der Waals surface area contributed by atoms with E-state index in [1.54, 1.807) is 31.5 Å². The van der Waals surface area contributed by atoms with Crippen molar-refractivity contribution in [2.45, 2.75) is 17.1 Å². The molecule has 0 aliphatic heterocycles.